The van der Waals surface area contributed by atoms with Gasteiger partial charge >= 0.3 is 0 Å². The number of hydrogen-bond donors (Lipinski definition) is 1. The summed E-state index contributed by atoms with van der Waals surface area (Å²) in [6, 6.07) is 13.3. The zero-order valence-electron chi connectivity index (χ0n) is 15.5. The van der Waals surface area contributed by atoms with E-state index in [0.717, 1.165) is 11.3 Å². The molecule has 8 heteroatoms. The van der Waals surface area contributed by atoms with Crippen molar-refractivity contribution >= 4 is 23.4 Å². The summed E-state index contributed by atoms with van der Waals surface area (Å²) in [5.74, 6) is 1.11. The molecule has 0 unspecified atom stereocenters. The summed E-state index contributed by atoms with van der Waals surface area (Å²) in [5, 5.41) is 15.5. The van der Waals surface area contributed by atoms with Gasteiger partial charge in [-0.25, -0.2) is 0 Å². The monoisotopic (exact) mass is 383 g/mol. The van der Waals surface area contributed by atoms with Crippen LogP contribution in [0.2, 0.25) is 0 Å². The molecule has 7 nitrogen and oxygen atoms in total. The molecule has 0 aliphatic heterocycles. The number of carbonyl (C=O) groups excluding carboxylic acids is 1. The van der Waals surface area contributed by atoms with Gasteiger partial charge in [0.2, 0.25) is 11.1 Å². The molecule has 140 valence electrons. The molecule has 0 atom stereocenters. The van der Waals surface area contributed by atoms with Gasteiger partial charge in [0.25, 0.3) is 0 Å². The maximum Gasteiger partial charge on any atom is 0.225 e. The number of aryl methyl sites for hydroxylation is 1. The third-order valence-corrected chi connectivity index (χ3v) is 5.11. The SMILES string of the molecule is COc1ccccc1NC(=O)CCSc1nnnn1-c1cccc(C)c1C. The normalized spacial score (nSPS) is 10.6. The number of nitrogens with one attached hydrogen (secondary N) is 1. The molecule has 3 rings (SSSR count). The van der Waals surface area contributed by atoms with Crippen LogP contribution < -0.4 is 10.1 Å². The molecule has 0 aliphatic carbocycles. The molecule has 0 saturated heterocycles. The fourth-order valence-electron chi connectivity index (χ4n) is 2.58. The Morgan fingerprint density at radius 2 is 2.00 bits per heavy atom. The highest BCUT2D eigenvalue weighted by Crippen LogP contribution is 2.25. The van der Waals surface area contributed by atoms with Crippen LogP contribution in [0.5, 0.6) is 5.75 Å². The van der Waals surface area contributed by atoms with Crippen molar-refractivity contribution < 1.29 is 9.53 Å². The van der Waals surface area contributed by atoms with Crippen molar-refractivity contribution in [3.05, 3.63) is 53.6 Å². The van der Waals surface area contributed by atoms with Crippen LogP contribution in [0.1, 0.15) is 17.5 Å². The van der Waals surface area contributed by atoms with Crippen LogP contribution in [0, 0.1) is 13.8 Å². The van der Waals surface area contributed by atoms with E-state index >= 15 is 0 Å². The lowest BCUT2D eigenvalue weighted by Crippen LogP contribution is -2.13. The van der Waals surface area contributed by atoms with Crippen LogP contribution >= 0.6 is 11.8 Å². The van der Waals surface area contributed by atoms with Crippen molar-refractivity contribution in [1.29, 1.82) is 0 Å². The Morgan fingerprint density at radius 3 is 2.81 bits per heavy atom. The van der Waals surface area contributed by atoms with Crippen LogP contribution in [0.25, 0.3) is 5.69 Å². The topological polar surface area (TPSA) is 81.9 Å². The van der Waals surface area contributed by atoms with Crippen molar-refractivity contribution in [3.63, 3.8) is 0 Å². The summed E-state index contributed by atoms with van der Waals surface area (Å²) in [6.45, 7) is 4.10. The second-order valence-electron chi connectivity index (χ2n) is 5.94. The lowest BCUT2D eigenvalue weighted by molar-refractivity contribution is -0.115. The third kappa shape index (κ3) is 4.46. The van der Waals surface area contributed by atoms with Gasteiger partial charge in [-0.3, -0.25) is 4.79 Å². The number of anilines is 1. The number of benzene rings is 2. The number of rotatable bonds is 7. The molecule has 0 spiro atoms. The van der Waals surface area contributed by atoms with E-state index in [4.69, 9.17) is 4.74 Å². The van der Waals surface area contributed by atoms with Gasteiger partial charge in [0.1, 0.15) is 5.75 Å². The highest BCUT2D eigenvalue weighted by atomic mass is 32.2. The Labute approximate surface area is 162 Å². The number of ether oxygens (including phenoxy) is 1. The van der Waals surface area contributed by atoms with E-state index < -0.39 is 0 Å². The quantitative estimate of drug-likeness (QED) is 0.630. The molecule has 27 heavy (non-hydrogen) atoms. The number of carbonyl (C=O) groups is 1. The fourth-order valence-corrected chi connectivity index (χ4v) is 3.40. The van der Waals surface area contributed by atoms with Gasteiger partial charge in [-0.2, -0.15) is 4.68 Å². The van der Waals surface area contributed by atoms with E-state index in [1.807, 2.05) is 43.3 Å². The molecular formula is C19H21N5O2S. The minimum absolute atomic E-state index is 0.0854. The summed E-state index contributed by atoms with van der Waals surface area (Å²) < 4.78 is 6.96. The summed E-state index contributed by atoms with van der Waals surface area (Å²) >= 11 is 1.45. The second kappa shape index (κ2) is 8.68. The summed E-state index contributed by atoms with van der Waals surface area (Å²) in [6.07, 6.45) is 0.336. The van der Waals surface area contributed by atoms with Crippen LogP contribution in [-0.2, 0) is 4.79 Å². The van der Waals surface area contributed by atoms with E-state index in [2.05, 4.69) is 33.8 Å². The van der Waals surface area contributed by atoms with Crippen molar-refractivity contribution in [2.24, 2.45) is 0 Å². The number of aromatic nitrogens is 4. The lowest BCUT2D eigenvalue weighted by atomic mass is 10.1. The van der Waals surface area contributed by atoms with E-state index in [1.54, 1.807) is 11.8 Å². The Morgan fingerprint density at radius 1 is 1.19 bits per heavy atom. The van der Waals surface area contributed by atoms with E-state index in [0.29, 0.717) is 28.8 Å². The van der Waals surface area contributed by atoms with Gasteiger partial charge in [0, 0.05) is 12.2 Å². The second-order valence-corrected chi connectivity index (χ2v) is 7.00. The Balaban J connectivity index is 1.61. The standard InChI is InChI=1S/C19H21N5O2S/c1-13-7-6-9-16(14(13)2)24-19(21-22-23-24)27-12-11-18(25)20-15-8-4-5-10-17(15)26-3/h4-10H,11-12H2,1-3H3,(H,20,25). The maximum absolute atomic E-state index is 12.2. The largest absolute Gasteiger partial charge is 0.495 e. The van der Waals surface area contributed by atoms with Crippen molar-refractivity contribution in [1.82, 2.24) is 20.2 Å². The highest BCUT2D eigenvalue weighted by molar-refractivity contribution is 7.99. The summed E-state index contributed by atoms with van der Waals surface area (Å²) in [4.78, 5) is 12.2. The van der Waals surface area contributed by atoms with Crippen LogP contribution in [-0.4, -0.2) is 39.0 Å². The summed E-state index contributed by atoms with van der Waals surface area (Å²) in [7, 11) is 1.58. The van der Waals surface area contributed by atoms with Gasteiger partial charge in [0.15, 0.2) is 0 Å². The molecule has 1 N–H and O–H groups in total. The molecule has 0 aliphatic rings. The first kappa shape index (κ1) is 18.9. The number of hydrogen-bond acceptors (Lipinski definition) is 6. The molecule has 0 fully saturated rings. The van der Waals surface area contributed by atoms with E-state index in [-0.39, 0.29) is 5.91 Å². The van der Waals surface area contributed by atoms with Crippen molar-refractivity contribution in [3.8, 4) is 11.4 Å². The molecule has 2 aromatic carbocycles. The van der Waals surface area contributed by atoms with Gasteiger partial charge < -0.3 is 10.1 Å². The lowest BCUT2D eigenvalue weighted by Gasteiger charge is -2.10. The fraction of sp³-hybridized carbons (Fsp3) is 0.263. The minimum Gasteiger partial charge on any atom is -0.495 e. The van der Waals surface area contributed by atoms with Gasteiger partial charge in [-0.1, -0.05) is 36.0 Å². The van der Waals surface area contributed by atoms with Gasteiger partial charge in [-0.05, 0) is 53.6 Å². The molecule has 0 bridgehead atoms. The number of methoxy groups -OCH3 is 1. The first-order valence-corrected chi connectivity index (χ1v) is 9.49. The van der Waals surface area contributed by atoms with Crippen molar-refractivity contribution in [2.75, 3.05) is 18.2 Å². The average molecular weight is 383 g/mol. The Hall–Kier alpha value is -2.87. The molecule has 0 saturated carbocycles. The molecule has 3 aromatic rings. The molecule has 1 heterocycles. The van der Waals surface area contributed by atoms with Crippen LogP contribution in [0.4, 0.5) is 5.69 Å². The number of para-hydroxylation sites is 2. The highest BCUT2D eigenvalue weighted by Gasteiger charge is 2.13. The van der Waals surface area contributed by atoms with E-state index in [9.17, 15) is 4.79 Å². The molecule has 1 aromatic heterocycles. The first-order chi connectivity index (χ1) is 13.1. The Kier molecular flexibility index (Phi) is 6.08. The minimum atomic E-state index is -0.0854. The third-order valence-electron chi connectivity index (χ3n) is 4.19. The van der Waals surface area contributed by atoms with Gasteiger partial charge in [0.05, 0.1) is 18.5 Å². The molecule has 1 amide bonds. The zero-order valence-corrected chi connectivity index (χ0v) is 16.3. The van der Waals surface area contributed by atoms with Crippen LogP contribution in [0.15, 0.2) is 47.6 Å². The number of nitrogens with zero attached hydrogens (tertiary/aromatic N) is 4. The zero-order chi connectivity index (χ0) is 19.2. The first-order valence-electron chi connectivity index (χ1n) is 8.51. The van der Waals surface area contributed by atoms with Crippen LogP contribution in [0.3, 0.4) is 0 Å². The number of tetrazole rings is 1. The predicted molar refractivity (Wildman–Crippen MR) is 106 cm³/mol. The smallest absolute Gasteiger partial charge is 0.225 e. The molecule has 0 radical (unpaired) electrons. The molecular weight excluding hydrogens is 362 g/mol. The summed E-state index contributed by atoms with van der Waals surface area (Å²) in [5.41, 5.74) is 3.91. The van der Waals surface area contributed by atoms with Gasteiger partial charge in [-0.15, -0.1) is 5.10 Å². The Bertz CT molecular complexity index is 941. The predicted octanol–water partition coefficient (Wildman–Crippen LogP) is 3.41. The maximum atomic E-state index is 12.2. The number of thioether (sulfide) groups is 1. The average Bonchev–Trinajstić information content (AvgIpc) is 3.12. The number of amides is 1. The van der Waals surface area contributed by atoms with Crippen molar-refractivity contribution in [2.45, 2.75) is 25.4 Å². The van der Waals surface area contributed by atoms with E-state index in [1.165, 1.54) is 17.3 Å².